The van der Waals surface area contributed by atoms with Crippen LogP contribution in [0.1, 0.15) is 5.56 Å². The van der Waals surface area contributed by atoms with E-state index in [0.29, 0.717) is 11.1 Å². The molecular formula is C21H18FNO2S. The van der Waals surface area contributed by atoms with Gasteiger partial charge in [0.2, 0.25) is 5.91 Å². The lowest BCUT2D eigenvalue weighted by Crippen LogP contribution is -2.20. The van der Waals surface area contributed by atoms with E-state index in [1.165, 1.54) is 6.07 Å². The van der Waals surface area contributed by atoms with Crippen molar-refractivity contribution in [3.63, 3.8) is 0 Å². The van der Waals surface area contributed by atoms with Crippen LogP contribution in [0.5, 0.6) is 0 Å². The van der Waals surface area contributed by atoms with Gasteiger partial charge in [-0.25, -0.2) is 4.39 Å². The summed E-state index contributed by atoms with van der Waals surface area (Å²) in [4.78, 5) is 11.0. The Bertz CT molecular complexity index is 957. The Kier molecular flexibility index (Phi) is 5.58. The van der Waals surface area contributed by atoms with E-state index in [2.05, 4.69) is 0 Å². The Labute approximate surface area is 154 Å². The van der Waals surface area contributed by atoms with Crippen molar-refractivity contribution in [1.82, 2.24) is 0 Å². The number of carbonyl (C=O) groups is 1. The molecule has 0 saturated heterocycles. The lowest BCUT2D eigenvalue weighted by Gasteiger charge is -2.11. The zero-order valence-electron chi connectivity index (χ0n) is 14.0. The van der Waals surface area contributed by atoms with Crippen LogP contribution >= 0.6 is 0 Å². The topological polar surface area (TPSA) is 60.2 Å². The second kappa shape index (κ2) is 8.06. The number of carbonyl (C=O) groups excluding carboxylic acids is 1. The van der Waals surface area contributed by atoms with Gasteiger partial charge >= 0.3 is 0 Å². The van der Waals surface area contributed by atoms with Crippen LogP contribution in [0.4, 0.5) is 4.39 Å². The quantitative estimate of drug-likeness (QED) is 0.718. The summed E-state index contributed by atoms with van der Waals surface area (Å²) in [6, 6.07) is 21.8. The molecule has 0 aromatic heterocycles. The summed E-state index contributed by atoms with van der Waals surface area (Å²) in [5.41, 5.74) is 8.74. The van der Waals surface area contributed by atoms with Crippen molar-refractivity contribution in [2.45, 2.75) is 5.75 Å². The van der Waals surface area contributed by atoms with E-state index in [0.717, 1.165) is 16.7 Å². The molecule has 132 valence electrons. The molecule has 1 amide bonds. The fourth-order valence-corrected chi connectivity index (χ4v) is 3.86. The van der Waals surface area contributed by atoms with E-state index in [1.807, 2.05) is 60.7 Å². The minimum Gasteiger partial charge on any atom is -0.369 e. The molecule has 0 saturated carbocycles. The average molecular weight is 367 g/mol. The second-order valence-electron chi connectivity index (χ2n) is 5.91. The highest BCUT2D eigenvalue weighted by Crippen LogP contribution is 2.30. The highest BCUT2D eigenvalue weighted by atomic mass is 32.2. The maximum absolute atomic E-state index is 14.7. The van der Waals surface area contributed by atoms with Crippen molar-refractivity contribution in [2.24, 2.45) is 5.73 Å². The van der Waals surface area contributed by atoms with E-state index in [4.69, 9.17) is 5.73 Å². The number of amides is 1. The molecule has 0 radical (unpaired) electrons. The van der Waals surface area contributed by atoms with Crippen LogP contribution in [0, 0.1) is 5.82 Å². The predicted octanol–water partition coefficient (Wildman–Crippen LogP) is 3.89. The van der Waals surface area contributed by atoms with Gasteiger partial charge in [-0.1, -0.05) is 66.7 Å². The van der Waals surface area contributed by atoms with E-state index < -0.39 is 16.7 Å². The molecule has 1 unspecified atom stereocenters. The lowest BCUT2D eigenvalue weighted by molar-refractivity contribution is -0.115. The molecule has 1 atom stereocenters. The molecule has 3 rings (SSSR count). The van der Waals surface area contributed by atoms with Crippen molar-refractivity contribution < 1.29 is 13.4 Å². The van der Waals surface area contributed by atoms with Crippen LogP contribution in [0.2, 0.25) is 0 Å². The molecule has 5 heteroatoms. The molecule has 3 aromatic carbocycles. The zero-order valence-corrected chi connectivity index (χ0v) is 14.8. The zero-order chi connectivity index (χ0) is 18.5. The fraction of sp³-hybridized carbons (Fsp3) is 0.0952. The van der Waals surface area contributed by atoms with E-state index in [9.17, 15) is 13.4 Å². The standard InChI is InChI=1S/C21H18FNO2S/c22-20-12-16(10-11-19(20)15-6-2-1-3-7-15)18-9-5-4-8-17(18)13-26(25)14-21(23)24/h1-12H,13-14H2,(H2,23,24). The van der Waals surface area contributed by atoms with E-state index in [-0.39, 0.29) is 17.3 Å². The maximum atomic E-state index is 14.7. The lowest BCUT2D eigenvalue weighted by atomic mass is 9.97. The Morgan fingerprint density at radius 3 is 2.27 bits per heavy atom. The Hall–Kier alpha value is -2.79. The SMILES string of the molecule is NC(=O)CS(=O)Cc1ccccc1-c1ccc(-c2ccccc2)c(F)c1. The largest absolute Gasteiger partial charge is 0.369 e. The number of primary amides is 1. The first-order valence-electron chi connectivity index (χ1n) is 8.11. The predicted molar refractivity (Wildman–Crippen MR) is 103 cm³/mol. The fourth-order valence-electron chi connectivity index (χ4n) is 2.85. The van der Waals surface area contributed by atoms with Gasteiger partial charge in [0.05, 0.1) is 0 Å². The highest BCUT2D eigenvalue weighted by molar-refractivity contribution is 7.84. The molecule has 0 spiro atoms. The van der Waals surface area contributed by atoms with Crippen molar-refractivity contribution in [3.8, 4) is 22.3 Å². The molecule has 0 aliphatic rings. The second-order valence-corrected chi connectivity index (χ2v) is 7.37. The first kappa shape index (κ1) is 18.0. The number of nitrogens with two attached hydrogens (primary N) is 1. The third-order valence-corrected chi connectivity index (χ3v) is 5.24. The Morgan fingerprint density at radius 1 is 0.885 bits per heavy atom. The summed E-state index contributed by atoms with van der Waals surface area (Å²) < 4.78 is 26.7. The van der Waals surface area contributed by atoms with Crippen LogP contribution in [0.25, 0.3) is 22.3 Å². The monoisotopic (exact) mass is 367 g/mol. The van der Waals surface area contributed by atoms with Gasteiger partial charge in [0.25, 0.3) is 0 Å². The molecule has 0 fully saturated rings. The maximum Gasteiger partial charge on any atom is 0.230 e. The van der Waals surface area contributed by atoms with Gasteiger partial charge in [-0.3, -0.25) is 9.00 Å². The van der Waals surface area contributed by atoms with Crippen LogP contribution in [-0.2, 0) is 21.3 Å². The third-order valence-electron chi connectivity index (χ3n) is 4.00. The minimum absolute atomic E-state index is 0.185. The van der Waals surface area contributed by atoms with Crippen LogP contribution in [0.15, 0.2) is 72.8 Å². The average Bonchev–Trinajstić information content (AvgIpc) is 2.62. The molecule has 26 heavy (non-hydrogen) atoms. The molecule has 0 aliphatic heterocycles. The first-order valence-corrected chi connectivity index (χ1v) is 9.60. The summed E-state index contributed by atoms with van der Waals surface area (Å²) in [5, 5.41) is 0. The van der Waals surface area contributed by atoms with Gasteiger partial charge in [0.1, 0.15) is 11.6 Å². The Balaban J connectivity index is 1.94. The highest BCUT2D eigenvalue weighted by Gasteiger charge is 2.12. The molecule has 2 N–H and O–H groups in total. The van der Waals surface area contributed by atoms with Gasteiger partial charge in [-0.15, -0.1) is 0 Å². The number of benzene rings is 3. The van der Waals surface area contributed by atoms with Gasteiger partial charge < -0.3 is 5.73 Å². The van der Waals surface area contributed by atoms with Crippen molar-refractivity contribution in [1.29, 1.82) is 0 Å². The number of halogens is 1. The van der Waals surface area contributed by atoms with Crippen LogP contribution in [-0.4, -0.2) is 15.9 Å². The molecule has 3 aromatic rings. The van der Waals surface area contributed by atoms with Crippen LogP contribution < -0.4 is 5.73 Å². The summed E-state index contributed by atoms with van der Waals surface area (Å²) in [5.74, 6) is -0.905. The smallest absolute Gasteiger partial charge is 0.230 e. The summed E-state index contributed by atoms with van der Waals surface area (Å²) >= 11 is 0. The molecular weight excluding hydrogens is 349 g/mol. The third kappa shape index (κ3) is 4.24. The number of rotatable bonds is 6. The van der Waals surface area contributed by atoms with Gasteiger partial charge in [-0.05, 0) is 28.3 Å². The molecule has 0 aliphatic carbocycles. The van der Waals surface area contributed by atoms with Crippen molar-refractivity contribution >= 4 is 16.7 Å². The summed E-state index contributed by atoms with van der Waals surface area (Å²) in [6.07, 6.45) is 0. The minimum atomic E-state index is -1.39. The van der Waals surface area contributed by atoms with E-state index >= 15 is 0 Å². The van der Waals surface area contributed by atoms with Crippen molar-refractivity contribution in [3.05, 3.63) is 84.2 Å². The van der Waals surface area contributed by atoms with E-state index in [1.54, 1.807) is 6.07 Å². The number of hydrogen-bond donors (Lipinski definition) is 1. The summed E-state index contributed by atoms with van der Waals surface area (Å²) in [7, 11) is -1.39. The molecule has 0 bridgehead atoms. The van der Waals surface area contributed by atoms with Crippen LogP contribution in [0.3, 0.4) is 0 Å². The summed E-state index contributed by atoms with van der Waals surface area (Å²) in [6.45, 7) is 0. The van der Waals surface area contributed by atoms with Gasteiger partial charge in [0, 0.05) is 22.1 Å². The first-order chi connectivity index (χ1) is 12.5. The Morgan fingerprint density at radius 2 is 1.58 bits per heavy atom. The van der Waals surface area contributed by atoms with Gasteiger partial charge in [-0.2, -0.15) is 0 Å². The van der Waals surface area contributed by atoms with Gasteiger partial charge in [0.15, 0.2) is 0 Å². The normalized spacial score (nSPS) is 11.9. The molecule has 0 heterocycles. The number of hydrogen-bond acceptors (Lipinski definition) is 2. The van der Waals surface area contributed by atoms with Crippen molar-refractivity contribution in [2.75, 3.05) is 5.75 Å². The molecule has 3 nitrogen and oxygen atoms in total.